The van der Waals surface area contributed by atoms with Gasteiger partial charge in [-0.15, -0.1) is 0 Å². The number of nitrogen functional groups attached to an aromatic ring is 2. The molecule has 6 heterocycles. The number of nitrogens with two attached hydrogens (primary N) is 3. The molecule has 0 aromatic carbocycles. The van der Waals surface area contributed by atoms with Gasteiger partial charge < -0.3 is 86.4 Å². The Kier molecular flexibility index (Phi) is 15.2. The first kappa shape index (κ1) is 49.2. The number of phosphoric acid groups is 2. The molecule has 3 aliphatic rings. The van der Waals surface area contributed by atoms with Gasteiger partial charge in [-0.3, -0.25) is 32.3 Å². The van der Waals surface area contributed by atoms with Gasteiger partial charge in [-0.1, -0.05) is 0 Å². The van der Waals surface area contributed by atoms with E-state index < -0.39 is 145 Å². The monoisotopic (exact) mass is 956 g/mol. The number of hydrogen-bond acceptors (Lipinski definition) is 25. The van der Waals surface area contributed by atoms with Crippen LogP contribution in [0, 0.1) is 0 Å². The van der Waals surface area contributed by atoms with Crippen molar-refractivity contribution in [1.29, 1.82) is 0 Å². The zero-order valence-corrected chi connectivity index (χ0v) is 35.1. The van der Waals surface area contributed by atoms with E-state index in [1.54, 1.807) is 0 Å². The number of fused-ring (bicyclic) bond motifs is 1. The predicted octanol–water partition coefficient (Wildman–Crippen LogP) is -6.04. The second-order valence-electron chi connectivity index (χ2n) is 14.6. The van der Waals surface area contributed by atoms with E-state index in [1.807, 2.05) is 0 Å². The van der Waals surface area contributed by atoms with Gasteiger partial charge in [-0.25, -0.2) is 28.9 Å². The number of amides is 1. The lowest BCUT2D eigenvalue weighted by molar-refractivity contribution is -0.281. The first-order valence-corrected chi connectivity index (χ1v) is 21.8. The summed E-state index contributed by atoms with van der Waals surface area (Å²) in [6, 6.07) is -2.03. The van der Waals surface area contributed by atoms with Crippen LogP contribution in [0.1, 0.15) is 26.3 Å². The number of hydrogen-bond donors (Lipinski definition) is 12. The zero-order valence-electron chi connectivity index (χ0n) is 33.3. The third-order valence-electron chi connectivity index (χ3n) is 10.1. The van der Waals surface area contributed by atoms with Gasteiger partial charge in [0.1, 0.15) is 78.6 Å². The summed E-state index contributed by atoms with van der Waals surface area (Å²) in [5, 5.41) is 55.7. The summed E-state index contributed by atoms with van der Waals surface area (Å²) in [5.74, 6) is -2.23. The van der Waals surface area contributed by atoms with Crippen LogP contribution in [0.2, 0.25) is 0 Å². The van der Waals surface area contributed by atoms with E-state index in [2.05, 4.69) is 29.8 Å². The standard InChI is InChI=1S/C31H46N10O21P2/c1-10(57-30-17(38-11(2)43)20(45)19(44)12(5-42)60-30)16(33)29(48)61-23-13(58-28(21(23)46)41-9-37-18-25(34)35-8-36-26(18)41)7-56-64(53,54)62-24-14(6-55-63(50,51)52)59-27(22(24)47)40-4-3-15(32)39-31(40)49/h3-4,8-10,12-14,16-17,19-24,27-28,30,42,44-47H,5-7,33H2,1-2H3,(H,38,43)(H,53,54)(H2,32,39,49)(H2,34,35,36)(H2,50,51,52)/t10-,12-,13-,14-,16+,17-,19+,20-,21-,22-,23-,24-,27-,28-,30+/m1/s1. The molecule has 3 aliphatic heterocycles. The van der Waals surface area contributed by atoms with Crippen molar-refractivity contribution in [2.24, 2.45) is 5.73 Å². The van der Waals surface area contributed by atoms with Crippen LogP contribution < -0.4 is 28.2 Å². The second kappa shape index (κ2) is 19.7. The number of phosphoric ester groups is 2. The van der Waals surface area contributed by atoms with Crippen LogP contribution in [0.25, 0.3) is 11.2 Å². The molecule has 0 saturated carbocycles. The van der Waals surface area contributed by atoms with Crippen LogP contribution in [0.15, 0.2) is 29.7 Å². The molecule has 0 radical (unpaired) electrons. The maximum absolute atomic E-state index is 13.6. The third-order valence-corrected chi connectivity index (χ3v) is 11.6. The van der Waals surface area contributed by atoms with Gasteiger partial charge in [0.05, 0.1) is 32.3 Å². The van der Waals surface area contributed by atoms with Gasteiger partial charge in [0.2, 0.25) is 5.91 Å². The van der Waals surface area contributed by atoms with Gasteiger partial charge in [-0.2, -0.15) is 4.98 Å². The number of rotatable bonds is 17. The molecule has 1 unspecified atom stereocenters. The average molecular weight is 957 g/mol. The Morgan fingerprint density at radius 1 is 0.906 bits per heavy atom. The molecule has 16 atom stereocenters. The number of aliphatic hydroxyl groups excluding tert-OH is 5. The van der Waals surface area contributed by atoms with Gasteiger partial charge in [-0.05, 0) is 13.0 Å². The number of ether oxygens (including phenoxy) is 5. The number of carbonyl (C=O) groups is 2. The number of imidazole rings is 1. The molecule has 356 valence electrons. The molecule has 0 bridgehead atoms. The van der Waals surface area contributed by atoms with Crippen LogP contribution in [-0.4, -0.2) is 180 Å². The Morgan fingerprint density at radius 3 is 2.19 bits per heavy atom. The smallest absolute Gasteiger partial charge is 0.455 e. The summed E-state index contributed by atoms with van der Waals surface area (Å²) in [7, 11) is -10.7. The van der Waals surface area contributed by atoms with E-state index in [0.717, 1.165) is 31.8 Å². The third kappa shape index (κ3) is 10.9. The fraction of sp³-hybridized carbons (Fsp3) is 0.645. The highest BCUT2D eigenvalue weighted by molar-refractivity contribution is 7.47. The van der Waals surface area contributed by atoms with Crippen molar-refractivity contribution in [3.63, 3.8) is 0 Å². The van der Waals surface area contributed by atoms with Crippen molar-refractivity contribution in [1.82, 2.24) is 34.4 Å². The molecular formula is C31H46N10O21P2. The lowest BCUT2D eigenvalue weighted by Gasteiger charge is -2.43. The first-order chi connectivity index (χ1) is 30.0. The summed E-state index contributed by atoms with van der Waals surface area (Å²) in [6.07, 6.45) is -18.9. The van der Waals surface area contributed by atoms with Crippen molar-refractivity contribution in [3.8, 4) is 0 Å². The molecule has 3 aromatic heterocycles. The summed E-state index contributed by atoms with van der Waals surface area (Å²) in [4.78, 5) is 83.1. The molecule has 6 rings (SSSR count). The average Bonchev–Trinajstić information content (AvgIpc) is 3.88. The van der Waals surface area contributed by atoms with Gasteiger partial charge in [0.25, 0.3) is 0 Å². The maximum Gasteiger partial charge on any atom is 0.472 e. The summed E-state index contributed by atoms with van der Waals surface area (Å²) >= 11 is 0. The van der Waals surface area contributed by atoms with Crippen molar-refractivity contribution >= 4 is 50.3 Å². The number of nitrogens with zero attached hydrogens (tertiary/aromatic N) is 6. The molecule has 31 nitrogen and oxygen atoms in total. The lowest BCUT2D eigenvalue weighted by Crippen LogP contribution is -2.65. The van der Waals surface area contributed by atoms with E-state index in [4.69, 9.17) is 49.9 Å². The van der Waals surface area contributed by atoms with E-state index in [0.29, 0.717) is 4.57 Å². The van der Waals surface area contributed by atoms with Crippen LogP contribution >= 0.6 is 15.6 Å². The van der Waals surface area contributed by atoms with Crippen LogP contribution in [0.3, 0.4) is 0 Å². The Bertz CT molecular complexity index is 2310. The topological polar surface area (TPSA) is 473 Å². The largest absolute Gasteiger partial charge is 0.472 e. The fourth-order valence-electron chi connectivity index (χ4n) is 6.93. The predicted molar refractivity (Wildman–Crippen MR) is 205 cm³/mol. The number of esters is 1. The Morgan fingerprint density at radius 2 is 1.55 bits per heavy atom. The minimum Gasteiger partial charge on any atom is -0.455 e. The molecule has 3 fully saturated rings. The summed E-state index contributed by atoms with van der Waals surface area (Å²) < 4.78 is 70.1. The van der Waals surface area contributed by atoms with E-state index in [9.17, 15) is 63.7 Å². The normalized spacial score (nSPS) is 32.8. The maximum atomic E-state index is 13.6. The SMILES string of the molecule is CC(=O)N[C@H]1[C@@H](O[C@H](C)[C@H](N)C(=O)O[C@H]2[C@@H](O)[C@H](n3cnc4c(N)ncnc43)O[C@@H]2COP(=O)(O)O[C@H]2[C@@H](O)[C@H](n3ccc(N)nc3=O)O[C@@H]2COP(=O)(O)O)O[C@H](CO)[C@H](O)[C@@H]1O. The van der Waals surface area contributed by atoms with Crippen LogP contribution in [0.5, 0.6) is 0 Å². The molecule has 33 heteroatoms. The van der Waals surface area contributed by atoms with Gasteiger partial charge >= 0.3 is 27.3 Å². The minimum atomic E-state index is -5.48. The van der Waals surface area contributed by atoms with Crippen molar-refractivity contribution in [2.75, 3.05) is 31.3 Å². The van der Waals surface area contributed by atoms with E-state index in [-0.39, 0.29) is 22.8 Å². The second-order valence-corrected chi connectivity index (χ2v) is 17.2. The molecule has 0 spiro atoms. The molecule has 1 amide bonds. The molecule has 3 aromatic rings. The molecule has 15 N–H and O–H groups in total. The molecule has 0 aliphatic carbocycles. The van der Waals surface area contributed by atoms with Gasteiger partial charge in [0.15, 0.2) is 36.3 Å². The number of anilines is 2. The lowest BCUT2D eigenvalue weighted by atomic mass is 9.96. The highest BCUT2D eigenvalue weighted by atomic mass is 31.2. The van der Waals surface area contributed by atoms with Crippen LogP contribution in [-0.2, 0) is 56.0 Å². The molecule has 3 saturated heterocycles. The Hall–Kier alpha value is -4.21. The van der Waals surface area contributed by atoms with E-state index in [1.165, 1.54) is 11.5 Å². The molecular weight excluding hydrogens is 910 g/mol. The number of nitrogens with one attached hydrogen (secondary N) is 1. The highest BCUT2D eigenvalue weighted by Gasteiger charge is 2.53. The summed E-state index contributed by atoms with van der Waals surface area (Å²) in [6.45, 7) is -0.523. The highest BCUT2D eigenvalue weighted by Crippen LogP contribution is 2.50. The van der Waals surface area contributed by atoms with Crippen molar-refractivity contribution in [3.05, 3.63) is 35.4 Å². The Labute approximate surface area is 358 Å². The molecule has 64 heavy (non-hydrogen) atoms. The van der Waals surface area contributed by atoms with Gasteiger partial charge in [0, 0.05) is 13.1 Å². The number of aliphatic hydroxyl groups is 5. The van der Waals surface area contributed by atoms with Crippen LogP contribution in [0.4, 0.5) is 11.6 Å². The first-order valence-electron chi connectivity index (χ1n) is 18.8. The van der Waals surface area contributed by atoms with Crippen molar-refractivity contribution < 1.29 is 96.2 Å². The summed E-state index contributed by atoms with van der Waals surface area (Å²) in [5.41, 5.74) is 16.7. The Balaban J connectivity index is 1.21. The van der Waals surface area contributed by atoms with E-state index >= 15 is 0 Å². The fourth-order valence-corrected chi connectivity index (χ4v) is 8.23. The zero-order chi connectivity index (χ0) is 47.0. The number of carbonyl (C=O) groups excluding carboxylic acids is 2. The number of aromatic nitrogens is 6. The minimum absolute atomic E-state index is 0.0246. The quantitative estimate of drug-likeness (QED) is 0.0442. The van der Waals surface area contributed by atoms with Crippen molar-refractivity contribution in [2.45, 2.75) is 106 Å².